The van der Waals surface area contributed by atoms with Crippen LogP contribution in [0.5, 0.6) is 5.75 Å². The Morgan fingerprint density at radius 3 is 2.62 bits per heavy atom. The van der Waals surface area contributed by atoms with Crippen molar-refractivity contribution in [2.45, 2.75) is 26.7 Å². The van der Waals surface area contributed by atoms with Gasteiger partial charge in [0, 0.05) is 24.7 Å². The molecule has 1 aromatic rings. The third kappa shape index (κ3) is 7.55. The predicted octanol–water partition coefficient (Wildman–Crippen LogP) is 1.97. The van der Waals surface area contributed by atoms with Gasteiger partial charge in [-0.3, -0.25) is 4.79 Å². The number of ether oxygens (including phenoxy) is 1. The normalized spacial score (nSPS) is 11.1. The smallest absolute Gasteiger partial charge is 0.241 e. The highest BCUT2D eigenvalue weighted by Crippen LogP contribution is 2.22. The minimum absolute atomic E-state index is 0.0766. The van der Waals surface area contributed by atoms with Crippen LogP contribution in [0.3, 0.4) is 0 Å². The lowest BCUT2D eigenvalue weighted by atomic mass is 10.1. The van der Waals surface area contributed by atoms with Crippen molar-refractivity contribution in [3.63, 3.8) is 0 Å². The highest BCUT2D eigenvalue weighted by atomic mass is 35.5. The Morgan fingerprint density at radius 1 is 1.21 bits per heavy atom. The molecule has 7 heteroatoms. The molecule has 0 bridgehead atoms. The molecule has 0 unspecified atom stereocenters. The van der Waals surface area contributed by atoms with E-state index in [0.717, 1.165) is 30.7 Å². The van der Waals surface area contributed by atoms with Gasteiger partial charge >= 0.3 is 0 Å². The molecule has 6 nitrogen and oxygen atoms in total. The van der Waals surface area contributed by atoms with E-state index in [4.69, 9.17) is 16.3 Å². The van der Waals surface area contributed by atoms with Gasteiger partial charge in [0.15, 0.2) is 5.96 Å². The molecule has 0 saturated carbocycles. The van der Waals surface area contributed by atoms with E-state index in [9.17, 15) is 4.79 Å². The molecule has 0 heterocycles. The fraction of sp³-hybridized carbons (Fsp3) is 0.529. The molecule has 0 fully saturated rings. The lowest BCUT2D eigenvalue weighted by Crippen LogP contribution is -2.39. The van der Waals surface area contributed by atoms with Crippen LogP contribution in [-0.2, 0) is 11.2 Å². The Morgan fingerprint density at radius 2 is 2.00 bits per heavy atom. The van der Waals surface area contributed by atoms with Gasteiger partial charge in [0.25, 0.3) is 0 Å². The van der Waals surface area contributed by atoms with Crippen molar-refractivity contribution in [1.82, 2.24) is 16.0 Å². The van der Waals surface area contributed by atoms with Gasteiger partial charge in [-0.25, -0.2) is 4.99 Å². The summed E-state index contributed by atoms with van der Waals surface area (Å²) >= 11 is 6.23. The SMILES string of the molecule is CCCNC(=O)CN=C(NCC)NCCc1ccc(OC)cc1Cl. The van der Waals surface area contributed by atoms with Gasteiger partial charge in [0.1, 0.15) is 12.3 Å². The van der Waals surface area contributed by atoms with E-state index in [2.05, 4.69) is 20.9 Å². The van der Waals surface area contributed by atoms with Crippen molar-refractivity contribution in [2.24, 2.45) is 4.99 Å². The number of amides is 1. The number of methoxy groups -OCH3 is 1. The standard InChI is InChI=1S/C17H27ClN4O2/c1-4-9-20-16(23)12-22-17(19-5-2)21-10-8-13-6-7-14(24-3)11-15(13)18/h6-7,11H,4-5,8-10,12H2,1-3H3,(H,20,23)(H2,19,21,22). The monoisotopic (exact) mass is 354 g/mol. The summed E-state index contributed by atoms with van der Waals surface area (Å²) < 4.78 is 5.14. The third-order valence-electron chi connectivity index (χ3n) is 3.24. The number of carbonyl (C=O) groups is 1. The van der Waals surface area contributed by atoms with Crippen molar-refractivity contribution in [3.8, 4) is 5.75 Å². The first-order chi connectivity index (χ1) is 11.6. The molecular weight excluding hydrogens is 328 g/mol. The Hall–Kier alpha value is -1.95. The Kier molecular flexibility index (Phi) is 9.68. The van der Waals surface area contributed by atoms with E-state index in [1.807, 2.05) is 26.0 Å². The zero-order chi connectivity index (χ0) is 17.8. The first kappa shape index (κ1) is 20.1. The summed E-state index contributed by atoms with van der Waals surface area (Å²) in [7, 11) is 1.61. The molecule has 0 radical (unpaired) electrons. The quantitative estimate of drug-likeness (QED) is 0.468. The van der Waals surface area contributed by atoms with E-state index in [-0.39, 0.29) is 12.5 Å². The predicted molar refractivity (Wildman–Crippen MR) is 99.0 cm³/mol. The van der Waals surface area contributed by atoms with Gasteiger partial charge < -0.3 is 20.7 Å². The van der Waals surface area contributed by atoms with Crippen LogP contribution in [0.4, 0.5) is 0 Å². The summed E-state index contributed by atoms with van der Waals surface area (Å²) in [5.74, 6) is 1.28. The fourth-order valence-corrected chi connectivity index (χ4v) is 2.25. The van der Waals surface area contributed by atoms with Crippen molar-refractivity contribution >= 4 is 23.5 Å². The zero-order valence-corrected chi connectivity index (χ0v) is 15.4. The van der Waals surface area contributed by atoms with Crippen LogP contribution in [0.1, 0.15) is 25.8 Å². The summed E-state index contributed by atoms with van der Waals surface area (Å²) in [6.45, 7) is 6.17. The second-order valence-electron chi connectivity index (χ2n) is 5.18. The summed E-state index contributed by atoms with van der Waals surface area (Å²) in [6, 6.07) is 5.64. The number of benzene rings is 1. The van der Waals surface area contributed by atoms with Gasteiger partial charge in [-0.2, -0.15) is 0 Å². The number of hydrogen-bond donors (Lipinski definition) is 3. The maximum atomic E-state index is 11.6. The van der Waals surface area contributed by atoms with Crippen molar-refractivity contribution < 1.29 is 9.53 Å². The molecule has 134 valence electrons. The highest BCUT2D eigenvalue weighted by molar-refractivity contribution is 6.31. The number of nitrogens with one attached hydrogen (secondary N) is 3. The number of guanidine groups is 1. The third-order valence-corrected chi connectivity index (χ3v) is 3.60. The molecule has 0 aliphatic carbocycles. The van der Waals surface area contributed by atoms with E-state index in [0.29, 0.717) is 24.1 Å². The van der Waals surface area contributed by atoms with Crippen LogP contribution in [0.2, 0.25) is 5.02 Å². The summed E-state index contributed by atoms with van der Waals surface area (Å²) in [5.41, 5.74) is 1.03. The average molecular weight is 355 g/mol. The van der Waals surface area contributed by atoms with Crippen molar-refractivity contribution in [2.75, 3.05) is 33.3 Å². The molecule has 24 heavy (non-hydrogen) atoms. The molecule has 1 amide bonds. The Labute approximate surface area is 149 Å². The van der Waals surface area contributed by atoms with E-state index in [1.54, 1.807) is 13.2 Å². The average Bonchev–Trinajstić information content (AvgIpc) is 2.59. The molecule has 0 atom stereocenters. The zero-order valence-electron chi connectivity index (χ0n) is 14.6. The molecule has 1 aromatic carbocycles. The van der Waals surface area contributed by atoms with E-state index < -0.39 is 0 Å². The number of carbonyl (C=O) groups excluding carboxylic acids is 1. The number of hydrogen-bond acceptors (Lipinski definition) is 3. The first-order valence-electron chi connectivity index (χ1n) is 8.22. The second kappa shape index (κ2) is 11.6. The van der Waals surface area contributed by atoms with Gasteiger partial charge in [0.2, 0.25) is 5.91 Å². The van der Waals surface area contributed by atoms with Crippen LogP contribution in [0.25, 0.3) is 0 Å². The molecule has 0 aromatic heterocycles. The van der Waals surface area contributed by atoms with Gasteiger partial charge in [-0.1, -0.05) is 24.6 Å². The van der Waals surface area contributed by atoms with Crippen LogP contribution in [0, 0.1) is 0 Å². The first-order valence-corrected chi connectivity index (χ1v) is 8.59. The van der Waals surface area contributed by atoms with Gasteiger partial charge in [0.05, 0.1) is 7.11 Å². The maximum Gasteiger partial charge on any atom is 0.241 e. The topological polar surface area (TPSA) is 74.8 Å². The molecule has 3 N–H and O–H groups in total. The van der Waals surface area contributed by atoms with Crippen LogP contribution in [-0.4, -0.2) is 45.2 Å². The molecule has 0 saturated heterocycles. The van der Waals surface area contributed by atoms with Crippen molar-refractivity contribution in [3.05, 3.63) is 28.8 Å². The van der Waals surface area contributed by atoms with E-state index in [1.165, 1.54) is 0 Å². The van der Waals surface area contributed by atoms with Gasteiger partial charge in [-0.05, 0) is 37.5 Å². The molecule has 0 spiro atoms. The number of halogens is 1. The molecular formula is C17H27ClN4O2. The highest BCUT2D eigenvalue weighted by Gasteiger charge is 2.04. The fourth-order valence-electron chi connectivity index (χ4n) is 1.99. The Balaban J connectivity index is 2.49. The van der Waals surface area contributed by atoms with Crippen molar-refractivity contribution in [1.29, 1.82) is 0 Å². The number of nitrogens with zero attached hydrogens (tertiary/aromatic N) is 1. The second-order valence-corrected chi connectivity index (χ2v) is 5.59. The van der Waals surface area contributed by atoms with Gasteiger partial charge in [-0.15, -0.1) is 0 Å². The van der Waals surface area contributed by atoms with Crippen LogP contribution < -0.4 is 20.7 Å². The minimum Gasteiger partial charge on any atom is -0.497 e. The Bertz CT molecular complexity index is 549. The van der Waals surface area contributed by atoms with E-state index >= 15 is 0 Å². The maximum absolute atomic E-state index is 11.6. The molecule has 0 aliphatic rings. The molecule has 1 rings (SSSR count). The largest absolute Gasteiger partial charge is 0.497 e. The minimum atomic E-state index is -0.0766. The number of aliphatic imine (C=N–C) groups is 1. The lowest BCUT2D eigenvalue weighted by Gasteiger charge is -2.12. The molecule has 0 aliphatic heterocycles. The summed E-state index contributed by atoms with van der Waals surface area (Å²) in [4.78, 5) is 15.9. The van der Waals surface area contributed by atoms with Crippen LogP contribution in [0.15, 0.2) is 23.2 Å². The summed E-state index contributed by atoms with van der Waals surface area (Å²) in [6.07, 6.45) is 1.66. The number of rotatable bonds is 9. The summed E-state index contributed by atoms with van der Waals surface area (Å²) in [5, 5.41) is 9.80. The lowest BCUT2D eigenvalue weighted by molar-refractivity contribution is -0.119. The van der Waals surface area contributed by atoms with Crippen LogP contribution >= 0.6 is 11.6 Å².